The Kier molecular flexibility index (Phi) is 4.98. The van der Waals surface area contributed by atoms with Gasteiger partial charge in [-0.25, -0.2) is 4.68 Å². The summed E-state index contributed by atoms with van der Waals surface area (Å²) in [5.74, 6) is 0.697. The number of aromatic nitrogens is 2. The molecule has 30 heavy (non-hydrogen) atoms. The highest BCUT2D eigenvalue weighted by molar-refractivity contribution is 7.13. The number of ether oxygens (including phenoxy) is 1. The zero-order chi connectivity index (χ0) is 21.3. The normalized spacial score (nSPS) is 10.7. The molecule has 4 aromatic rings. The van der Waals surface area contributed by atoms with E-state index in [4.69, 9.17) is 4.74 Å². The molecule has 10 heteroatoms. The predicted molar refractivity (Wildman–Crippen MR) is 112 cm³/mol. The lowest BCUT2D eigenvalue weighted by Crippen LogP contribution is -2.04. The van der Waals surface area contributed by atoms with Crippen molar-refractivity contribution in [2.45, 2.75) is 0 Å². The molecule has 4 rings (SSSR count). The summed E-state index contributed by atoms with van der Waals surface area (Å²) in [4.78, 5) is 22.3. The van der Waals surface area contributed by atoms with Crippen LogP contribution in [0.3, 0.4) is 0 Å². The molecule has 150 valence electrons. The maximum Gasteiger partial charge on any atom is 0.301 e. The van der Waals surface area contributed by atoms with E-state index in [2.05, 4.69) is 5.10 Å². The molecule has 0 N–H and O–H groups in total. The third kappa shape index (κ3) is 3.51. The standard InChI is InChI=1S/C20H14N4O5S/c1-29-15-7-4-13(5-8-15)16-12-19(20-3-2-10-30-20)22(21-16)17-9-6-14(23(25)26)11-18(17)24(27)28/h2-12H,1H3. The number of methoxy groups -OCH3 is 1. The molecule has 2 aromatic carbocycles. The summed E-state index contributed by atoms with van der Waals surface area (Å²) in [6, 6.07) is 16.4. The summed E-state index contributed by atoms with van der Waals surface area (Å²) in [5, 5.41) is 29.2. The fraction of sp³-hybridized carbons (Fsp3) is 0.0500. The average molecular weight is 422 g/mol. The summed E-state index contributed by atoms with van der Waals surface area (Å²) < 4.78 is 6.63. The van der Waals surface area contributed by atoms with E-state index in [1.165, 1.54) is 28.2 Å². The lowest BCUT2D eigenvalue weighted by atomic mass is 10.1. The summed E-state index contributed by atoms with van der Waals surface area (Å²) in [6.07, 6.45) is 0. The molecular weight excluding hydrogens is 408 g/mol. The van der Waals surface area contributed by atoms with Crippen molar-refractivity contribution in [2.24, 2.45) is 0 Å². The van der Waals surface area contributed by atoms with Crippen molar-refractivity contribution < 1.29 is 14.6 Å². The predicted octanol–water partition coefficient (Wildman–Crippen LogP) is 5.09. The monoisotopic (exact) mass is 422 g/mol. The van der Waals surface area contributed by atoms with Crippen molar-refractivity contribution in [1.29, 1.82) is 0 Å². The Labute approximate surface area is 174 Å². The molecule has 0 spiro atoms. The van der Waals surface area contributed by atoms with Gasteiger partial charge in [-0.2, -0.15) is 5.10 Å². The van der Waals surface area contributed by atoms with E-state index < -0.39 is 15.5 Å². The van der Waals surface area contributed by atoms with Crippen LogP contribution in [0.5, 0.6) is 5.75 Å². The Morgan fingerprint density at radius 3 is 2.37 bits per heavy atom. The summed E-state index contributed by atoms with van der Waals surface area (Å²) in [5.41, 5.74) is 1.45. The van der Waals surface area contributed by atoms with Gasteiger partial charge >= 0.3 is 5.69 Å². The van der Waals surface area contributed by atoms with Crippen LogP contribution in [0.15, 0.2) is 66.0 Å². The van der Waals surface area contributed by atoms with Gasteiger partial charge < -0.3 is 4.74 Å². The number of nitrogens with zero attached hydrogens (tertiary/aromatic N) is 4. The van der Waals surface area contributed by atoms with E-state index in [0.717, 1.165) is 16.5 Å². The van der Waals surface area contributed by atoms with E-state index in [1.807, 2.05) is 35.7 Å². The zero-order valence-electron chi connectivity index (χ0n) is 15.6. The molecule has 2 aromatic heterocycles. The van der Waals surface area contributed by atoms with Crippen molar-refractivity contribution >= 4 is 22.7 Å². The van der Waals surface area contributed by atoms with Crippen LogP contribution in [0.4, 0.5) is 11.4 Å². The Morgan fingerprint density at radius 2 is 1.77 bits per heavy atom. The quantitative estimate of drug-likeness (QED) is 0.316. The third-order valence-corrected chi connectivity index (χ3v) is 5.36. The first-order chi connectivity index (χ1) is 14.5. The second-order valence-corrected chi connectivity index (χ2v) is 7.17. The fourth-order valence-electron chi connectivity index (χ4n) is 3.02. The Balaban J connectivity index is 1.92. The smallest absolute Gasteiger partial charge is 0.301 e. The van der Waals surface area contributed by atoms with Crippen molar-refractivity contribution in [3.63, 3.8) is 0 Å². The number of thiophene rings is 1. The van der Waals surface area contributed by atoms with Crippen molar-refractivity contribution in [1.82, 2.24) is 9.78 Å². The second-order valence-electron chi connectivity index (χ2n) is 6.22. The summed E-state index contributed by atoms with van der Waals surface area (Å²) >= 11 is 1.46. The van der Waals surface area contributed by atoms with Crippen molar-refractivity contribution in [3.8, 4) is 33.3 Å². The number of rotatable bonds is 6. The average Bonchev–Trinajstić information content (AvgIpc) is 3.43. The lowest BCUT2D eigenvalue weighted by Gasteiger charge is -2.07. The van der Waals surface area contributed by atoms with E-state index >= 15 is 0 Å². The molecular formula is C20H14N4O5S. The molecule has 0 aliphatic carbocycles. The highest BCUT2D eigenvalue weighted by Gasteiger charge is 2.24. The first kappa shape index (κ1) is 19.3. The van der Waals surface area contributed by atoms with E-state index in [-0.39, 0.29) is 11.4 Å². The molecule has 0 saturated heterocycles. The van der Waals surface area contributed by atoms with E-state index in [9.17, 15) is 20.2 Å². The minimum Gasteiger partial charge on any atom is -0.497 e. The van der Waals surface area contributed by atoms with Crippen LogP contribution in [0.1, 0.15) is 0 Å². The first-order valence-corrected chi connectivity index (χ1v) is 9.57. The minimum atomic E-state index is -0.664. The fourth-order valence-corrected chi connectivity index (χ4v) is 3.75. The van der Waals surface area contributed by atoms with Crippen molar-refractivity contribution in [2.75, 3.05) is 7.11 Å². The first-order valence-electron chi connectivity index (χ1n) is 8.69. The van der Waals surface area contributed by atoms with Gasteiger partial charge in [0.05, 0.1) is 39.3 Å². The topological polar surface area (TPSA) is 113 Å². The number of nitro groups is 2. The maximum atomic E-state index is 11.6. The minimum absolute atomic E-state index is 0.147. The van der Waals surface area contributed by atoms with Gasteiger partial charge in [-0.3, -0.25) is 20.2 Å². The Morgan fingerprint density at radius 1 is 1.00 bits per heavy atom. The van der Waals surface area contributed by atoms with Gasteiger partial charge in [-0.15, -0.1) is 11.3 Å². The Hall–Kier alpha value is -4.05. The van der Waals surface area contributed by atoms with Gasteiger partial charge in [0.25, 0.3) is 5.69 Å². The van der Waals surface area contributed by atoms with Gasteiger partial charge in [0.2, 0.25) is 0 Å². The van der Waals surface area contributed by atoms with E-state index in [0.29, 0.717) is 17.1 Å². The molecule has 0 atom stereocenters. The van der Waals surface area contributed by atoms with Crippen LogP contribution < -0.4 is 4.74 Å². The van der Waals surface area contributed by atoms with Gasteiger partial charge in [-0.1, -0.05) is 6.07 Å². The molecule has 2 heterocycles. The number of non-ortho nitro benzene ring substituents is 1. The van der Waals surface area contributed by atoms with Gasteiger partial charge in [-0.05, 0) is 47.8 Å². The second kappa shape index (κ2) is 7.76. The number of hydrogen-bond acceptors (Lipinski definition) is 7. The van der Waals surface area contributed by atoms with Gasteiger partial charge in [0.15, 0.2) is 0 Å². The zero-order valence-corrected chi connectivity index (χ0v) is 16.4. The molecule has 0 aliphatic heterocycles. The highest BCUT2D eigenvalue weighted by atomic mass is 32.1. The molecule has 9 nitrogen and oxygen atoms in total. The Bertz CT molecular complexity index is 1230. The van der Waals surface area contributed by atoms with Crippen LogP contribution in [0.25, 0.3) is 27.5 Å². The van der Waals surface area contributed by atoms with Crippen LogP contribution >= 0.6 is 11.3 Å². The van der Waals surface area contributed by atoms with Gasteiger partial charge in [0, 0.05) is 11.6 Å². The SMILES string of the molecule is COc1ccc(-c2cc(-c3cccs3)n(-c3ccc([N+](=O)[O-])cc3[N+](=O)[O-])n2)cc1. The van der Waals surface area contributed by atoms with Crippen LogP contribution in [-0.4, -0.2) is 26.7 Å². The molecule has 0 saturated carbocycles. The van der Waals surface area contributed by atoms with Crippen LogP contribution in [0.2, 0.25) is 0 Å². The van der Waals surface area contributed by atoms with E-state index in [1.54, 1.807) is 19.2 Å². The molecule has 0 amide bonds. The molecule has 0 aliphatic rings. The number of nitro benzene ring substituents is 2. The summed E-state index contributed by atoms with van der Waals surface area (Å²) in [6.45, 7) is 0. The maximum absolute atomic E-state index is 11.6. The molecule has 0 fully saturated rings. The van der Waals surface area contributed by atoms with Crippen LogP contribution in [-0.2, 0) is 0 Å². The number of hydrogen-bond donors (Lipinski definition) is 0. The molecule has 0 unspecified atom stereocenters. The number of benzene rings is 2. The third-order valence-electron chi connectivity index (χ3n) is 4.46. The summed E-state index contributed by atoms with van der Waals surface area (Å²) in [7, 11) is 1.58. The van der Waals surface area contributed by atoms with Gasteiger partial charge in [0.1, 0.15) is 11.4 Å². The molecule has 0 radical (unpaired) electrons. The van der Waals surface area contributed by atoms with Crippen molar-refractivity contribution in [3.05, 3.63) is 86.3 Å². The van der Waals surface area contributed by atoms with Crippen LogP contribution in [0, 0.1) is 20.2 Å². The molecule has 0 bridgehead atoms. The lowest BCUT2D eigenvalue weighted by molar-refractivity contribution is -0.394. The largest absolute Gasteiger partial charge is 0.497 e. The highest BCUT2D eigenvalue weighted by Crippen LogP contribution is 2.35.